The fourth-order valence-electron chi connectivity index (χ4n) is 12.1. The Morgan fingerprint density at radius 3 is 2.30 bits per heavy atom. The molecule has 1 amide bonds. The van der Waals surface area contributed by atoms with Crippen LogP contribution in [-0.4, -0.2) is 160 Å². The van der Waals surface area contributed by atoms with Crippen LogP contribution in [0.3, 0.4) is 0 Å². The molecule has 0 saturated carbocycles. The molecule has 2 aromatic heterocycles. The van der Waals surface area contributed by atoms with Gasteiger partial charge in [-0.25, -0.2) is 9.78 Å². The molecule has 0 bridgehead atoms. The molecule has 0 radical (unpaired) electrons. The molecule has 6 heterocycles. The number of aliphatic hydroxyl groups excluding tert-OH is 1. The Labute approximate surface area is 416 Å². The standard InChI is InChI=1S/C53H85N5O12/c1-15-22-56(12)40-25-33(4)66-49(44(40)60)69-47-36(7)45(68-42-28-51(9,63-13)27-34(5)65-42)37(8)48(61)67-41(16-2)53(11)46(35(6)43(59)32(3)26-52(47,10)64-14)58(50(62)70-53)24-18-17-23-57-30-39(55-31-57)38-20-19-21-54-29-38/h19-21,29-37,40-42,44-47,49,60H,15-18,22-28H2,1-14H3/t32-,33-,34+,35+,36+,37-,40+,41-,42+,44-,45+,46-,47-,49+,51+,52-,53-/m1/s1. The Balaban J connectivity index is 1.36. The number of fused-ring (bicyclic) bond motifs is 1. The predicted octanol–water partition coefficient (Wildman–Crippen LogP) is 7.46. The van der Waals surface area contributed by atoms with E-state index in [-0.39, 0.29) is 30.5 Å². The van der Waals surface area contributed by atoms with Gasteiger partial charge in [-0.3, -0.25) is 14.6 Å². The van der Waals surface area contributed by atoms with Gasteiger partial charge in [0.05, 0.1) is 59.6 Å². The van der Waals surface area contributed by atoms with E-state index in [1.807, 2.05) is 85.3 Å². The molecule has 2 aromatic rings. The van der Waals surface area contributed by atoms with E-state index in [0.29, 0.717) is 51.6 Å². The SMILES string of the molecule is CCCN(C)[C@H]1C[C@@H](C)O[C@@H](O[C@@H]2[C@@H](C)[C@H](O[C@H]3C[C@@](C)(OC)C[C@H](C)O3)[C@@H](C)C(=O)O[C@H](CC)[C@@]3(C)OC(=O)N(CCCCn4cnc(-c5cccnc5)c4)[C@@H]3[C@@H](C)C(=O)[C@H](C)C[C@@]2(C)OC)[C@@H]1O. The first-order valence-corrected chi connectivity index (χ1v) is 25.9. The lowest BCUT2D eigenvalue weighted by molar-refractivity contribution is -0.312. The number of nitrogens with zero attached hydrogens (tertiary/aromatic N) is 5. The highest BCUT2D eigenvalue weighted by molar-refractivity contribution is 5.85. The number of carbonyl (C=O) groups excluding carboxylic acids is 3. The molecule has 17 atom stereocenters. The first-order chi connectivity index (χ1) is 33.1. The molecule has 6 rings (SSSR count). The second-order valence-corrected chi connectivity index (χ2v) is 21.6. The van der Waals surface area contributed by atoms with Crippen molar-refractivity contribution in [3.63, 3.8) is 0 Å². The number of aryl methyl sites for hydroxylation is 1. The van der Waals surface area contributed by atoms with Gasteiger partial charge in [0.2, 0.25) is 0 Å². The average Bonchev–Trinajstić information content (AvgIpc) is 3.91. The van der Waals surface area contributed by atoms with E-state index < -0.39 is 95.6 Å². The van der Waals surface area contributed by atoms with Crippen LogP contribution in [0.2, 0.25) is 0 Å². The molecule has 1 N–H and O–H groups in total. The number of esters is 1. The monoisotopic (exact) mass is 984 g/mol. The second kappa shape index (κ2) is 23.5. The van der Waals surface area contributed by atoms with Crippen molar-refractivity contribution in [2.75, 3.05) is 34.4 Å². The van der Waals surface area contributed by atoms with E-state index in [1.54, 1.807) is 51.7 Å². The fourth-order valence-corrected chi connectivity index (χ4v) is 12.1. The van der Waals surface area contributed by atoms with Crippen molar-refractivity contribution in [1.29, 1.82) is 0 Å². The maximum atomic E-state index is 15.2. The van der Waals surface area contributed by atoms with Crippen molar-refractivity contribution >= 4 is 17.8 Å². The number of aliphatic hydroxyl groups is 1. The first kappa shape index (κ1) is 55.8. The van der Waals surface area contributed by atoms with Crippen molar-refractivity contribution in [2.45, 2.75) is 212 Å². The number of carbonyl (C=O) groups is 3. The number of amides is 1. The number of ketones is 1. The van der Waals surface area contributed by atoms with Crippen molar-refractivity contribution in [1.82, 2.24) is 24.3 Å². The van der Waals surface area contributed by atoms with Crippen LogP contribution < -0.4 is 0 Å². The van der Waals surface area contributed by atoms with E-state index in [1.165, 1.54) is 0 Å². The summed E-state index contributed by atoms with van der Waals surface area (Å²) in [4.78, 5) is 57.0. The van der Waals surface area contributed by atoms with E-state index in [9.17, 15) is 14.7 Å². The summed E-state index contributed by atoms with van der Waals surface area (Å²) < 4.78 is 54.5. The van der Waals surface area contributed by atoms with Gasteiger partial charge in [-0.05, 0) is 106 Å². The van der Waals surface area contributed by atoms with Crippen molar-refractivity contribution in [3.05, 3.63) is 37.1 Å². The molecule has 0 aliphatic carbocycles. The van der Waals surface area contributed by atoms with E-state index in [0.717, 1.165) is 24.2 Å². The Morgan fingerprint density at radius 2 is 1.64 bits per heavy atom. The summed E-state index contributed by atoms with van der Waals surface area (Å²) in [6.07, 6.45) is 4.94. The number of aromatic nitrogens is 3. The molecule has 17 nitrogen and oxygen atoms in total. The van der Waals surface area contributed by atoms with E-state index in [4.69, 9.17) is 37.9 Å². The summed E-state index contributed by atoms with van der Waals surface area (Å²) in [6, 6.07) is 2.81. The summed E-state index contributed by atoms with van der Waals surface area (Å²) in [5, 5.41) is 12.1. The van der Waals surface area contributed by atoms with Crippen LogP contribution in [0, 0.1) is 23.7 Å². The molecule has 0 aromatic carbocycles. The number of hydrogen-bond donors (Lipinski definition) is 1. The maximum Gasteiger partial charge on any atom is 0.410 e. The zero-order valence-electron chi connectivity index (χ0n) is 44.5. The first-order valence-electron chi connectivity index (χ1n) is 25.9. The molecular weight excluding hydrogens is 899 g/mol. The third-order valence-electron chi connectivity index (χ3n) is 16.0. The summed E-state index contributed by atoms with van der Waals surface area (Å²) in [5.74, 6) is -3.64. The molecule has 0 spiro atoms. The predicted molar refractivity (Wildman–Crippen MR) is 262 cm³/mol. The van der Waals surface area contributed by atoms with Gasteiger partial charge in [-0.2, -0.15) is 0 Å². The summed E-state index contributed by atoms with van der Waals surface area (Å²) >= 11 is 0. The van der Waals surface area contributed by atoms with Gasteiger partial charge in [0.25, 0.3) is 0 Å². The Bertz CT molecular complexity index is 2030. The summed E-state index contributed by atoms with van der Waals surface area (Å²) in [6.45, 7) is 22.8. The highest BCUT2D eigenvalue weighted by Gasteiger charge is 2.60. The zero-order valence-corrected chi connectivity index (χ0v) is 44.5. The maximum absolute atomic E-state index is 15.2. The molecule has 4 saturated heterocycles. The minimum atomic E-state index is -1.39. The molecule has 0 unspecified atom stereocenters. The lowest BCUT2D eigenvalue weighted by Crippen LogP contribution is -2.61. The molecule has 394 valence electrons. The number of ether oxygens (including phenoxy) is 8. The smallest absolute Gasteiger partial charge is 0.410 e. The topological polar surface area (TPSA) is 182 Å². The zero-order chi connectivity index (χ0) is 51.3. The molecule has 4 aliphatic rings. The third kappa shape index (κ3) is 12.3. The number of hydrogen-bond acceptors (Lipinski definition) is 15. The largest absolute Gasteiger partial charge is 0.458 e. The Kier molecular flexibility index (Phi) is 18.8. The van der Waals surface area contributed by atoms with Crippen LogP contribution in [0.25, 0.3) is 11.3 Å². The van der Waals surface area contributed by atoms with Gasteiger partial charge in [0.1, 0.15) is 18.0 Å². The van der Waals surface area contributed by atoms with Gasteiger partial charge in [-0.15, -0.1) is 0 Å². The quantitative estimate of drug-likeness (QED) is 0.129. The van der Waals surface area contributed by atoms with Crippen LogP contribution in [0.5, 0.6) is 0 Å². The molecule has 4 aliphatic heterocycles. The van der Waals surface area contributed by atoms with Crippen LogP contribution in [0.15, 0.2) is 37.1 Å². The number of imidazole rings is 1. The number of methoxy groups -OCH3 is 2. The fraction of sp³-hybridized carbons (Fsp3) is 0.792. The molecular formula is C53H85N5O12. The average molecular weight is 984 g/mol. The van der Waals surface area contributed by atoms with Gasteiger partial charge in [0.15, 0.2) is 18.2 Å². The summed E-state index contributed by atoms with van der Waals surface area (Å²) in [5.41, 5.74) is -1.43. The molecule has 70 heavy (non-hydrogen) atoms. The van der Waals surface area contributed by atoms with Gasteiger partial charge in [0, 0.05) is 88.1 Å². The number of rotatable bonds is 16. The van der Waals surface area contributed by atoms with E-state index in [2.05, 4.69) is 21.8 Å². The minimum absolute atomic E-state index is 0.109. The van der Waals surface area contributed by atoms with Crippen LogP contribution >= 0.6 is 0 Å². The highest BCUT2D eigenvalue weighted by Crippen LogP contribution is 2.45. The lowest BCUT2D eigenvalue weighted by Gasteiger charge is -2.49. The number of unbranched alkanes of at least 4 members (excludes halogenated alkanes) is 1. The Morgan fingerprint density at radius 1 is 0.914 bits per heavy atom. The van der Waals surface area contributed by atoms with Gasteiger partial charge in [-0.1, -0.05) is 34.6 Å². The van der Waals surface area contributed by atoms with Crippen LogP contribution in [0.1, 0.15) is 128 Å². The van der Waals surface area contributed by atoms with Gasteiger partial charge < -0.3 is 57.4 Å². The minimum Gasteiger partial charge on any atom is -0.458 e. The Hall–Kier alpha value is -3.55. The second-order valence-electron chi connectivity index (χ2n) is 21.6. The number of cyclic esters (lactones) is 1. The number of Topliss-reactive ketones (excluding diaryl/α,β-unsaturated/α-hetero) is 1. The van der Waals surface area contributed by atoms with Gasteiger partial charge >= 0.3 is 12.1 Å². The van der Waals surface area contributed by atoms with Crippen molar-refractivity contribution in [3.8, 4) is 11.3 Å². The molecule has 17 heteroatoms. The lowest BCUT2D eigenvalue weighted by atomic mass is 9.73. The van der Waals surface area contributed by atoms with Crippen molar-refractivity contribution < 1.29 is 57.4 Å². The number of likely N-dealkylation sites (N-methyl/N-ethyl adjacent to an activating group) is 1. The third-order valence-corrected chi connectivity index (χ3v) is 16.0. The molecule has 4 fully saturated rings. The van der Waals surface area contributed by atoms with Crippen LogP contribution in [0.4, 0.5) is 4.79 Å². The number of pyridine rings is 1. The highest BCUT2D eigenvalue weighted by atomic mass is 16.7. The van der Waals surface area contributed by atoms with Crippen LogP contribution in [-0.2, 0) is 54.0 Å². The van der Waals surface area contributed by atoms with Crippen molar-refractivity contribution in [2.24, 2.45) is 23.7 Å². The normalized spacial score (nSPS) is 39.1. The van der Waals surface area contributed by atoms with E-state index >= 15 is 4.79 Å². The summed E-state index contributed by atoms with van der Waals surface area (Å²) in [7, 11) is 5.27.